The van der Waals surface area contributed by atoms with Gasteiger partial charge in [0.15, 0.2) is 0 Å². The molecule has 0 unspecified atom stereocenters. The van der Waals surface area contributed by atoms with E-state index >= 15 is 0 Å². The van der Waals surface area contributed by atoms with Gasteiger partial charge in [0.25, 0.3) is 0 Å². The van der Waals surface area contributed by atoms with Gasteiger partial charge in [-0.1, -0.05) is 31.9 Å². The number of nitrogens with zero attached hydrogens (tertiary/aromatic N) is 1. The van der Waals surface area contributed by atoms with E-state index in [0.29, 0.717) is 12.2 Å². The van der Waals surface area contributed by atoms with Gasteiger partial charge in [-0.2, -0.15) is 0 Å². The molecule has 0 fully saturated rings. The van der Waals surface area contributed by atoms with E-state index in [2.05, 4.69) is 12.2 Å². The van der Waals surface area contributed by atoms with E-state index in [0.717, 1.165) is 19.3 Å². The van der Waals surface area contributed by atoms with Gasteiger partial charge in [-0.3, -0.25) is 0 Å². The summed E-state index contributed by atoms with van der Waals surface area (Å²) in [6.45, 7) is 2.76. The predicted molar refractivity (Wildman–Crippen MR) is 74.6 cm³/mol. The zero-order chi connectivity index (χ0) is 14.3. The number of amides is 2. The van der Waals surface area contributed by atoms with Crippen molar-refractivity contribution in [2.45, 2.75) is 26.2 Å². The number of rotatable bonds is 6. The van der Waals surface area contributed by atoms with Crippen LogP contribution in [0.5, 0.6) is 0 Å². The molecule has 5 nitrogen and oxygen atoms in total. The number of benzene rings is 1. The average Bonchev–Trinajstić information content (AvgIpc) is 2.39. The third-order valence-corrected chi connectivity index (χ3v) is 2.84. The Morgan fingerprint density at radius 2 is 1.95 bits per heavy atom. The minimum Gasteiger partial charge on any atom is -0.478 e. The normalized spacial score (nSPS) is 10.0. The fourth-order valence-electron chi connectivity index (χ4n) is 1.69. The number of carboxylic acids is 1. The smallest absolute Gasteiger partial charge is 0.337 e. The van der Waals surface area contributed by atoms with Crippen molar-refractivity contribution >= 4 is 17.7 Å². The number of hydrogen-bond donors (Lipinski definition) is 2. The summed E-state index contributed by atoms with van der Waals surface area (Å²) in [5.74, 6) is -1.05. The highest BCUT2D eigenvalue weighted by molar-refractivity contribution is 5.99. The lowest BCUT2D eigenvalue weighted by atomic mass is 10.2. The van der Waals surface area contributed by atoms with Crippen LogP contribution in [0.25, 0.3) is 0 Å². The fraction of sp³-hybridized carbons (Fsp3) is 0.429. The molecule has 0 saturated heterocycles. The number of carbonyl (C=O) groups excluding carboxylic acids is 1. The molecule has 104 valence electrons. The highest BCUT2D eigenvalue weighted by atomic mass is 16.4. The van der Waals surface area contributed by atoms with Crippen LogP contribution in [0.1, 0.15) is 36.5 Å². The van der Waals surface area contributed by atoms with Crippen molar-refractivity contribution in [2.24, 2.45) is 0 Å². The zero-order valence-corrected chi connectivity index (χ0v) is 11.3. The lowest BCUT2D eigenvalue weighted by molar-refractivity contribution is 0.0698. The number of anilines is 1. The number of carbonyl (C=O) groups is 2. The minimum absolute atomic E-state index is 0.0952. The van der Waals surface area contributed by atoms with Crippen molar-refractivity contribution in [1.82, 2.24) is 4.90 Å². The molecule has 2 amide bonds. The Balaban J connectivity index is 2.64. The Morgan fingerprint density at radius 3 is 2.58 bits per heavy atom. The molecular weight excluding hydrogens is 244 g/mol. The molecule has 0 aliphatic rings. The topological polar surface area (TPSA) is 69.6 Å². The average molecular weight is 264 g/mol. The molecule has 1 aromatic carbocycles. The maximum Gasteiger partial charge on any atom is 0.337 e. The number of carboxylic acid groups (broad SMARTS) is 1. The standard InChI is InChI=1S/C14H20N2O3/c1-3-4-7-10-16(2)14(19)15-12-9-6-5-8-11(12)13(17)18/h5-6,8-9H,3-4,7,10H2,1-2H3,(H,15,19)(H,17,18). The Labute approximate surface area is 113 Å². The third-order valence-electron chi connectivity index (χ3n) is 2.84. The first-order valence-electron chi connectivity index (χ1n) is 6.40. The SMILES string of the molecule is CCCCCN(C)C(=O)Nc1ccccc1C(=O)O. The first-order chi connectivity index (χ1) is 9.06. The number of aromatic carboxylic acids is 1. The van der Waals surface area contributed by atoms with Gasteiger partial charge in [0.2, 0.25) is 0 Å². The van der Waals surface area contributed by atoms with Crippen molar-refractivity contribution in [2.75, 3.05) is 18.9 Å². The van der Waals surface area contributed by atoms with E-state index in [9.17, 15) is 9.59 Å². The molecule has 0 aliphatic heterocycles. The van der Waals surface area contributed by atoms with Gasteiger partial charge in [0, 0.05) is 13.6 Å². The van der Waals surface area contributed by atoms with Crippen molar-refractivity contribution in [3.8, 4) is 0 Å². The summed E-state index contributed by atoms with van der Waals surface area (Å²) in [5.41, 5.74) is 0.417. The second-order valence-corrected chi connectivity index (χ2v) is 4.41. The number of unbranched alkanes of at least 4 members (excludes halogenated alkanes) is 2. The number of hydrogen-bond acceptors (Lipinski definition) is 2. The summed E-state index contributed by atoms with van der Waals surface area (Å²) in [5, 5.41) is 11.7. The van der Waals surface area contributed by atoms with Crippen LogP contribution in [0.3, 0.4) is 0 Å². The van der Waals surface area contributed by atoms with E-state index in [1.54, 1.807) is 30.1 Å². The molecule has 1 rings (SSSR count). The van der Waals surface area contributed by atoms with Gasteiger partial charge in [0.1, 0.15) is 0 Å². The predicted octanol–water partition coefficient (Wildman–Crippen LogP) is 3.04. The quantitative estimate of drug-likeness (QED) is 0.776. The van der Waals surface area contributed by atoms with Crippen LogP contribution in [-0.4, -0.2) is 35.6 Å². The van der Waals surface area contributed by atoms with Crippen LogP contribution in [-0.2, 0) is 0 Å². The zero-order valence-electron chi connectivity index (χ0n) is 11.3. The van der Waals surface area contributed by atoms with Gasteiger partial charge >= 0.3 is 12.0 Å². The molecule has 5 heteroatoms. The lowest BCUT2D eigenvalue weighted by Crippen LogP contribution is -2.32. The lowest BCUT2D eigenvalue weighted by Gasteiger charge is -2.18. The fourth-order valence-corrected chi connectivity index (χ4v) is 1.69. The van der Waals surface area contributed by atoms with Gasteiger partial charge in [-0.25, -0.2) is 9.59 Å². The van der Waals surface area contributed by atoms with Gasteiger partial charge in [0.05, 0.1) is 11.3 Å². The molecule has 19 heavy (non-hydrogen) atoms. The Hall–Kier alpha value is -2.04. The molecule has 1 aromatic rings. The number of nitrogens with one attached hydrogen (secondary N) is 1. The van der Waals surface area contributed by atoms with Gasteiger partial charge < -0.3 is 15.3 Å². The van der Waals surface area contributed by atoms with Gasteiger partial charge in [-0.05, 0) is 18.6 Å². The summed E-state index contributed by atoms with van der Waals surface area (Å²) in [6, 6.07) is 6.09. The van der Waals surface area contributed by atoms with Crippen LogP contribution >= 0.6 is 0 Å². The Kier molecular flexibility index (Phi) is 5.85. The summed E-state index contributed by atoms with van der Waals surface area (Å²) in [6.07, 6.45) is 3.11. The van der Waals surface area contributed by atoms with Crippen molar-refractivity contribution in [3.05, 3.63) is 29.8 Å². The first kappa shape index (κ1) is 15.0. The monoisotopic (exact) mass is 264 g/mol. The highest BCUT2D eigenvalue weighted by Gasteiger charge is 2.13. The molecule has 0 radical (unpaired) electrons. The minimum atomic E-state index is -1.05. The largest absolute Gasteiger partial charge is 0.478 e. The molecule has 2 N–H and O–H groups in total. The van der Waals surface area contributed by atoms with E-state index in [-0.39, 0.29) is 11.6 Å². The third kappa shape index (κ3) is 4.62. The van der Waals surface area contributed by atoms with E-state index in [1.165, 1.54) is 6.07 Å². The van der Waals surface area contributed by atoms with Gasteiger partial charge in [-0.15, -0.1) is 0 Å². The Morgan fingerprint density at radius 1 is 1.26 bits per heavy atom. The van der Waals surface area contributed by atoms with E-state index in [1.807, 2.05) is 0 Å². The summed E-state index contributed by atoms with van der Waals surface area (Å²) in [4.78, 5) is 24.5. The second-order valence-electron chi connectivity index (χ2n) is 4.41. The first-order valence-corrected chi connectivity index (χ1v) is 6.40. The number of para-hydroxylation sites is 1. The van der Waals surface area contributed by atoms with Crippen molar-refractivity contribution < 1.29 is 14.7 Å². The summed E-state index contributed by atoms with van der Waals surface area (Å²) < 4.78 is 0. The highest BCUT2D eigenvalue weighted by Crippen LogP contribution is 2.15. The van der Waals surface area contributed by atoms with E-state index < -0.39 is 5.97 Å². The van der Waals surface area contributed by atoms with Crippen molar-refractivity contribution in [1.29, 1.82) is 0 Å². The van der Waals surface area contributed by atoms with Crippen LogP contribution < -0.4 is 5.32 Å². The molecule has 0 aromatic heterocycles. The Bertz CT molecular complexity index is 446. The number of urea groups is 1. The molecule has 0 atom stereocenters. The van der Waals surface area contributed by atoms with Crippen LogP contribution in [0.2, 0.25) is 0 Å². The van der Waals surface area contributed by atoms with Crippen LogP contribution in [0.4, 0.5) is 10.5 Å². The molecule has 0 spiro atoms. The maximum absolute atomic E-state index is 11.9. The maximum atomic E-state index is 11.9. The summed E-state index contributed by atoms with van der Waals surface area (Å²) in [7, 11) is 1.70. The van der Waals surface area contributed by atoms with Crippen LogP contribution in [0, 0.1) is 0 Å². The molecule has 0 heterocycles. The summed E-state index contributed by atoms with van der Waals surface area (Å²) >= 11 is 0. The molecule has 0 aliphatic carbocycles. The van der Waals surface area contributed by atoms with Crippen molar-refractivity contribution in [3.63, 3.8) is 0 Å². The second kappa shape index (κ2) is 7.41. The van der Waals surface area contributed by atoms with Crippen LogP contribution in [0.15, 0.2) is 24.3 Å². The molecular formula is C14H20N2O3. The molecule has 0 bridgehead atoms. The van der Waals surface area contributed by atoms with E-state index in [4.69, 9.17) is 5.11 Å². The molecule has 0 saturated carbocycles.